The van der Waals surface area contributed by atoms with Crippen molar-refractivity contribution in [3.63, 3.8) is 0 Å². The van der Waals surface area contributed by atoms with Gasteiger partial charge in [-0.05, 0) is 61.2 Å². The van der Waals surface area contributed by atoms with E-state index in [-0.39, 0.29) is 12.8 Å². The molecular formula is C19H21NO4S. The van der Waals surface area contributed by atoms with Crippen LogP contribution in [0.2, 0.25) is 0 Å². The monoisotopic (exact) mass is 359 g/mol. The SMILES string of the molecule is CC(C)S(=O)(=O)c1ccc(C2NCCc3cc4c(cc32)OCO4)cc1. The lowest BCUT2D eigenvalue weighted by molar-refractivity contribution is 0.174. The Labute approximate surface area is 147 Å². The third-order valence-electron chi connectivity index (χ3n) is 4.85. The molecule has 2 heterocycles. The molecule has 5 nitrogen and oxygen atoms in total. The van der Waals surface area contributed by atoms with Gasteiger partial charge in [0.15, 0.2) is 21.3 Å². The topological polar surface area (TPSA) is 64.6 Å². The maximum absolute atomic E-state index is 12.3. The van der Waals surface area contributed by atoms with Gasteiger partial charge in [0.05, 0.1) is 16.2 Å². The first-order chi connectivity index (χ1) is 12.0. The Kier molecular flexibility index (Phi) is 3.96. The van der Waals surface area contributed by atoms with E-state index in [1.165, 1.54) is 5.56 Å². The molecule has 0 saturated heterocycles. The molecule has 0 fully saturated rings. The molecular weight excluding hydrogens is 338 g/mol. The first-order valence-corrected chi connectivity index (χ1v) is 10.0. The molecule has 0 aromatic heterocycles. The second kappa shape index (κ2) is 6.04. The summed E-state index contributed by atoms with van der Waals surface area (Å²) in [6.07, 6.45) is 0.933. The summed E-state index contributed by atoms with van der Waals surface area (Å²) in [7, 11) is -3.25. The number of nitrogens with one attached hydrogen (secondary N) is 1. The number of fused-ring (bicyclic) bond motifs is 2. The highest BCUT2D eigenvalue weighted by Gasteiger charge is 2.26. The smallest absolute Gasteiger partial charge is 0.231 e. The standard InChI is InChI=1S/C19H21NO4S/c1-12(2)25(21,22)15-5-3-13(4-6-15)19-16-10-18-17(23-11-24-18)9-14(16)7-8-20-19/h3-6,9-10,12,19-20H,7-8,11H2,1-2H3. The zero-order chi connectivity index (χ0) is 17.6. The van der Waals surface area contributed by atoms with E-state index in [2.05, 4.69) is 11.4 Å². The van der Waals surface area contributed by atoms with E-state index in [9.17, 15) is 8.42 Å². The molecule has 0 radical (unpaired) electrons. The van der Waals surface area contributed by atoms with Crippen LogP contribution in [-0.4, -0.2) is 27.0 Å². The Hall–Kier alpha value is -2.05. The van der Waals surface area contributed by atoms with Crippen LogP contribution in [0.1, 0.15) is 36.6 Å². The minimum Gasteiger partial charge on any atom is -0.454 e. The number of benzene rings is 2. The fourth-order valence-corrected chi connectivity index (χ4v) is 4.43. The van der Waals surface area contributed by atoms with Gasteiger partial charge in [-0.1, -0.05) is 12.1 Å². The van der Waals surface area contributed by atoms with Gasteiger partial charge in [0, 0.05) is 6.54 Å². The first-order valence-electron chi connectivity index (χ1n) is 8.46. The zero-order valence-corrected chi connectivity index (χ0v) is 15.1. The van der Waals surface area contributed by atoms with E-state index in [0.717, 1.165) is 35.6 Å². The number of ether oxygens (including phenoxy) is 2. The third kappa shape index (κ3) is 2.79. The van der Waals surface area contributed by atoms with Gasteiger partial charge in [0.1, 0.15) is 0 Å². The van der Waals surface area contributed by atoms with Crippen molar-refractivity contribution in [1.82, 2.24) is 5.32 Å². The average Bonchev–Trinajstić information content (AvgIpc) is 3.06. The lowest BCUT2D eigenvalue weighted by Crippen LogP contribution is -2.30. The van der Waals surface area contributed by atoms with Crippen LogP contribution in [0.4, 0.5) is 0 Å². The summed E-state index contributed by atoms with van der Waals surface area (Å²) in [6, 6.07) is 11.3. The van der Waals surface area contributed by atoms with Crippen LogP contribution in [-0.2, 0) is 16.3 Å². The summed E-state index contributed by atoms with van der Waals surface area (Å²) in [5.41, 5.74) is 3.45. The molecule has 1 N–H and O–H groups in total. The second-order valence-electron chi connectivity index (χ2n) is 6.70. The van der Waals surface area contributed by atoms with Crippen LogP contribution < -0.4 is 14.8 Å². The van der Waals surface area contributed by atoms with Crippen LogP contribution in [0.3, 0.4) is 0 Å². The van der Waals surface area contributed by atoms with Gasteiger partial charge in [-0.2, -0.15) is 0 Å². The van der Waals surface area contributed by atoms with Gasteiger partial charge < -0.3 is 14.8 Å². The molecule has 2 aromatic rings. The van der Waals surface area contributed by atoms with E-state index in [1.54, 1.807) is 26.0 Å². The van der Waals surface area contributed by atoms with Crippen molar-refractivity contribution in [2.75, 3.05) is 13.3 Å². The van der Waals surface area contributed by atoms with Gasteiger partial charge in [0.25, 0.3) is 0 Å². The van der Waals surface area contributed by atoms with Crippen molar-refractivity contribution >= 4 is 9.84 Å². The Morgan fingerprint density at radius 3 is 2.44 bits per heavy atom. The van der Waals surface area contributed by atoms with Crippen LogP contribution in [0.15, 0.2) is 41.3 Å². The van der Waals surface area contributed by atoms with E-state index >= 15 is 0 Å². The molecule has 0 amide bonds. The van der Waals surface area contributed by atoms with Crippen LogP contribution >= 0.6 is 0 Å². The van der Waals surface area contributed by atoms with E-state index in [0.29, 0.717) is 4.90 Å². The van der Waals surface area contributed by atoms with Crippen molar-refractivity contribution in [3.05, 3.63) is 53.1 Å². The maximum atomic E-state index is 12.3. The average molecular weight is 359 g/mol. The Balaban J connectivity index is 1.70. The molecule has 0 saturated carbocycles. The van der Waals surface area contributed by atoms with Gasteiger partial charge in [-0.25, -0.2) is 8.42 Å². The lowest BCUT2D eigenvalue weighted by atomic mass is 9.89. The van der Waals surface area contributed by atoms with E-state index < -0.39 is 15.1 Å². The van der Waals surface area contributed by atoms with Crippen molar-refractivity contribution < 1.29 is 17.9 Å². The predicted octanol–water partition coefficient (Wildman–Crippen LogP) is 2.83. The lowest BCUT2D eigenvalue weighted by Gasteiger charge is -2.28. The van der Waals surface area contributed by atoms with Gasteiger partial charge >= 0.3 is 0 Å². The molecule has 1 atom stereocenters. The summed E-state index contributed by atoms with van der Waals surface area (Å²) in [4.78, 5) is 0.368. The van der Waals surface area contributed by atoms with Crippen LogP contribution in [0.5, 0.6) is 11.5 Å². The van der Waals surface area contributed by atoms with E-state index in [4.69, 9.17) is 9.47 Å². The van der Waals surface area contributed by atoms with Gasteiger partial charge in [-0.15, -0.1) is 0 Å². The highest BCUT2D eigenvalue weighted by atomic mass is 32.2. The molecule has 132 valence electrons. The Morgan fingerprint density at radius 2 is 1.76 bits per heavy atom. The fourth-order valence-electron chi connectivity index (χ4n) is 3.37. The molecule has 2 aromatic carbocycles. The van der Waals surface area contributed by atoms with Crippen molar-refractivity contribution in [3.8, 4) is 11.5 Å². The predicted molar refractivity (Wildman–Crippen MR) is 94.9 cm³/mol. The minimum atomic E-state index is -3.25. The molecule has 1 unspecified atom stereocenters. The Bertz CT molecular complexity index is 904. The molecule has 6 heteroatoms. The highest BCUT2D eigenvalue weighted by Crippen LogP contribution is 2.40. The van der Waals surface area contributed by atoms with Gasteiger partial charge in [-0.3, -0.25) is 0 Å². The molecule has 0 spiro atoms. The summed E-state index contributed by atoms with van der Waals surface area (Å²) < 4.78 is 35.6. The fraction of sp³-hybridized carbons (Fsp3) is 0.368. The normalized spacial score (nSPS) is 19.1. The zero-order valence-electron chi connectivity index (χ0n) is 14.3. The van der Waals surface area contributed by atoms with E-state index in [1.807, 2.05) is 18.2 Å². The summed E-state index contributed by atoms with van der Waals surface area (Å²) in [6.45, 7) is 4.52. The second-order valence-corrected chi connectivity index (χ2v) is 9.21. The molecule has 2 aliphatic rings. The summed E-state index contributed by atoms with van der Waals surface area (Å²) in [5.74, 6) is 1.57. The summed E-state index contributed by atoms with van der Waals surface area (Å²) in [5, 5.41) is 3.09. The quantitative estimate of drug-likeness (QED) is 0.913. The molecule has 2 aliphatic heterocycles. The number of sulfone groups is 1. The highest BCUT2D eigenvalue weighted by molar-refractivity contribution is 7.92. The number of rotatable bonds is 3. The summed E-state index contributed by atoms with van der Waals surface area (Å²) >= 11 is 0. The molecule has 0 bridgehead atoms. The van der Waals surface area contributed by atoms with Gasteiger partial charge in [0.2, 0.25) is 6.79 Å². The molecule has 0 aliphatic carbocycles. The number of hydrogen-bond acceptors (Lipinski definition) is 5. The Morgan fingerprint density at radius 1 is 1.08 bits per heavy atom. The minimum absolute atomic E-state index is 0.0223. The van der Waals surface area contributed by atoms with Crippen molar-refractivity contribution in [2.45, 2.75) is 36.5 Å². The van der Waals surface area contributed by atoms with Crippen LogP contribution in [0.25, 0.3) is 0 Å². The third-order valence-corrected chi connectivity index (χ3v) is 7.02. The van der Waals surface area contributed by atoms with Crippen molar-refractivity contribution in [1.29, 1.82) is 0 Å². The molecule has 25 heavy (non-hydrogen) atoms. The van der Waals surface area contributed by atoms with Crippen LogP contribution in [0, 0.1) is 0 Å². The molecule has 4 rings (SSSR count). The maximum Gasteiger partial charge on any atom is 0.231 e. The largest absolute Gasteiger partial charge is 0.454 e. The first kappa shape index (κ1) is 16.4. The van der Waals surface area contributed by atoms with Crippen molar-refractivity contribution in [2.24, 2.45) is 0 Å². The number of hydrogen-bond donors (Lipinski definition) is 1.